The Morgan fingerprint density at radius 1 is 0.907 bits per heavy atom. The molecule has 5 N–H and O–H groups in total. The summed E-state index contributed by atoms with van der Waals surface area (Å²) in [7, 11) is 0. The van der Waals surface area contributed by atoms with Gasteiger partial charge in [-0.05, 0) is 60.7 Å². The first-order valence-electron chi connectivity index (χ1n) is 13.3. The van der Waals surface area contributed by atoms with E-state index < -0.39 is 24.2 Å². The second-order valence-electron chi connectivity index (χ2n) is 9.08. The zero-order chi connectivity index (χ0) is 30.4. The van der Waals surface area contributed by atoms with Crippen LogP contribution in [0.25, 0.3) is 0 Å². The van der Waals surface area contributed by atoms with Crippen LogP contribution >= 0.6 is 0 Å². The van der Waals surface area contributed by atoms with Crippen molar-refractivity contribution in [3.8, 4) is 17.6 Å². The van der Waals surface area contributed by atoms with Gasteiger partial charge in [0.15, 0.2) is 12.2 Å². The maximum absolute atomic E-state index is 13.2. The monoisotopic (exact) mass is 578 g/mol. The van der Waals surface area contributed by atoms with Gasteiger partial charge >= 0.3 is 6.09 Å². The molecule has 4 rings (SSSR count). The highest BCUT2D eigenvalue weighted by atomic mass is 16.6. The summed E-state index contributed by atoms with van der Waals surface area (Å²) in [6.45, 7) is -0.228. The Morgan fingerprint density at radius 2 is 1.60 bits per heavy atom. The Balaban J connectivity index is 1.68. The van der Waals surface area contributed by atoms with Crippen LogP contribution in [0.3, 0.4) is 0 Å². The van der Waals surface area contributed by atoms with Gasteiger partial charge < -0.3 is 30.4 Å². The smallest absolute Gasteiger partial charge is 0.412 e. The summed E-state index contributed by atoms with van der Waals surface area (Å²) < 4.78 is 17.9. The van der Waals surface area contributed by atoms with Crippen LogP contribution in [0.4, 0.5) is 21.9 Å². The van der Waals surface area contributed by atoms with Crippen LogP contribution in [-0.4, -0.2) is 36.4 Å². The van der Waals surface area contributed by atoms with Crippen molar-refractivity contribution in [1.82, 2.24) is 0 Å². The van der Waals surface area contributed by atoms with Crippen molar-refractivity contribution in [2.24, 2.45) is 0 Å². The lowest BCUT2D eigenvalue weighted by atomic mass is 10.0. The number of amides is 2. The number of nitrogens with two attached hydrogens (primary N) is 1. The van der Waals surface area contributed by atoms with Crippen LogP contribution in [0.2, 0.25) is 0 Å². The fraction of sp³-hybridized carbons (Fsp3) is 0.121. The van der Waals surface area contributed by atoms with Crippen molar-refractivity contribution < 1.29 is 28.9 Å². The Hall–Kier alpha value is -5.79. The molecule has 0 heterocycles. The number of hydrogen-bond donors (Lipinski definition) is 4. The maximum atomic E-state index is 13.2. The number of aliphatic hydroxyl groups excluding tert-OH is 1. The molecule has 10 heteroatoms. The zero-order valence-corrected chi connectivity index (χ0v) is 23.1. The lowest BCUT2D eigenvalue weighted by Gasteiger charge is -2.27. The lowest BCUT2D eigenvalue weighted by Crippen LogP contribution is -2.30. The third kappa shape index (κ3) is 8.85. The maximum Gasteiger partial charge on any atom is 0.412 e. The first-order chi connectivity index (χ1) is 21.0. The number of para-hydroxylation sites is 4. The first kappa shape index (κ1) is 30.2. The second kappa shape index (κ2) is 15.3. The predicted molar refractivity (Wildman–Crippen MR) is 163 cm³/mol. The number of aliphatic hydroxyl groups is 1. The minimum absolute atomic E-state index is 0.00211. The normalized spacial score (nSPS) is 12.0. The highest BCUT2D eigenvalue weighted by molar-refractivity contribution is 6.01. The van der Waals surface area contributed by atoms with Crippen LogP contribution in [0.5, 0.6) is 11.5 Å². The van der Waals surface area contributed by atoms with Gasteiger partial charge in [0.1, 0.15) is 18.1 Å². The molecule has 2 amide bonds. The minimum Gasteiger partial charge on any atom is -0.491 e. The van der Waals surface area contributed by atoms with Gasteiger partial charge in [0, 0.05) is 17.3 Å². The molecule has 2 atom stereocenters. The van der Waals surface area contributed by atoms with Crippen molar-refractivity contribution in [3.05, 3.63) is 126 Å². The van der Waals surface area contributed by atoms with E-state index in [0.29, 0.717) is 39.7 Å². The van der Waals surface area contributed by atoms with E-state index >= 15 is 0 Å². The molecule has 4 aromatic rings. The van der Waals surface area contributed by atoms with Gasteiger partial charge in [0.05, 0.1) is 29.6 Å². The van der Waals surface area contributed by atoms with Crippen LogP contribution in [0.15, 0.2) is 115 Å². The van der Waals surface area contributed by atoms with Gasteiger partial charge in [0.2, 0.25) is 5.91 Å². The molecule has 43 heavy (non-hydrogen) atoms. The minimum atomic E-state index is -1.13. The summed E-state index contributed by atoms with van der Waals surface area (Å²) >= 11 is 0. The molecule has 0 saturated heterocycles. The zero-order valence-electron chi connectivity index (χ0n) is 23.1. The Labute approximate surface area is 248 Å². The van der Waals surface area contributed by atoms with Gasteiger partial charge in [-0.15, -0.1) is 0 Å². The van der Waals surface area contributed by atoms with Crippen molar-refractivity contribution in [2.75, 3.05) is 29.6 Å². The molecule has 0 radical (unpaired) electrons. The number of benzene rings is 4. The highest BCUT2D eigenvalue weighted by Crippen LogP contribution is 2.33. The van der Waals surface area contributed by atoms with E-state index in [9.17, 15) is 14.7 Å². The first-order valence-corrected chi connectivity index (χ1v) is 13.3. The number of rotatable bonds is 12. The standard InChI is InChI=1S/C33H30N4O6/c34-22-23-14-16-24(17-15-23)36-33(40)43-32(26-10-4-7-13-29(26)41-21-20-38)30(42-25-8-2-1-3-9-25)18-19-31(39)37-28-12-6-5-11-27(28)35/h1-19,30,32,38H,20-21,35H2,(H,36,40)(H,37,39)/b19-18+/t30-,32-/m1/s1. The Morgan fingerprint density at radius 3 is 2.33 bits per heavy atom. The predicted octanol–water partition coefficient (Wildman–Crippen LogP) is 5.44. The van der Waals surface area contributed by atoms with E-state index in [4.69, 9.17) is 25.2 Å². The number of nitrogen functional groups attached to an aromatic ring is 1. The number of carbonyl (C=O) groups is 2. The van der Waals surface area contributed by atoms with Crippen LogP contribution < -0.4 is 25.8 Å². The van der Waals surface area contributed by atoms with E-state index in [1.54, 1.807) is 97.1 Å². The SMILES string of the molecule is N#Cc1ccc(NC(=O)O[C@H](c2ccccc2OCCO)[C@@H](/C=C/C(=O)Nc2ccccc2N)Oc2ccccc2)cc1. The Kier molecular flexibility index (Phi) is 10.7. The number of anilines is 3. The number of nitrogens with zero attached hydrogens (tertiary/aromatic N) is 1. The second-order valence-corrected chi connectivity index (χ2v) is 9.08. The van der Waals surface area contributed by atoms with Crippen molar-refractivity contribution in [2.45, 2.75) is 12.2 Å². The number of hydrogen-bond acceptors (Lipinski definition) is 8. The largest absolute Gasteiger partial charge is 0.491 e. The lowest BCUT2D eigenvalue weighted by molar-refractivity contribution is -0.112. The molecule has 0 saturated carbocycles. The molecule has 0 aliphatic carbocycles. The molecule has 4 aromatic carbocycles. The summed E-state index contributed by atoms with van der Waals surface area (Å²) in [4.78, 5) is 26.1. The topological polar surface area (TPSA) is 156 Å². The van der Waals surface area contributed by atoms with E-state index in [1.807, 2.05) is 12.1 Å². The van der Waals surface area contributed by atoms with E-state index in [-0.39, 0.29) is 13.2 Å². The quantitative estimate of drug-likeness (QED) is 0.128. The summed E-state index contributed by atoms with van der Waals surface area (Å²) in [5.74, 6) is 0.328. The van der Waals surface area contributed by atoms with E-state index in [2.05, 4.69) is 10.6 Å². The Bertz CT molecular complexity index is 1590. The molecule has 218 valence electrons. The third-order valence-electron chi connectivity index (χ3n) is 6.04. The van der Waals surface area contributed by atoms with Gasteiger partial charge in [-0.1, -0.05) is 48.5 Å². The number of nitriles is 1. The van der Waals surface area contributed by atoms with Crippen LogP contribution in [0.1, 0.15) is 17.2 Å². The molecule has 0 aromatic heterocycles. The fourth-order valence-electron chi connectivity index (χ4n) is 4.03. The number of nitrogens with one attached hydrogen (secondary N) is 2. The summed E-state index contributed by atoms with van der Waals surface area (Å²) in [6.07, 6.45) is -0.217. The third-order valence-corrected chi connectivity index (χ3v) is 6.04. The average molecular weight is 579 g/mol. The van der Waals surface area contributed by atoms with Gasteiger partial charge in [-0.2, -0.15) is 5.26 Å². The summed E-state index contributed by atoms with van der Waals surface area (Å²) in [5, 5.41) is 23.8. The van der Waals surface area contributed by atoms with Gasteiger partial charge in [0.25, 0.3) is 0 Å². The summed E-state index contributed by atoms with van der Waals surface area (Å²) in [6, 6.07) is 30.9. The van der Waals surface area contributed by atoms with Crippen molar-refractivity contribution >= 4 is 29.1 Å². The number of carbonyl (C=O) groups excluding carboxylic acids is 2. The van der Waals surface area contributed by atoms with Gasteiger partial charge in [-0.3, -0.25) is 10.1 Å². The molecular formula is C33H30N4O6. The molecule has 0 spiro atoms. The average Bonchev–Trinajstić information content (AvgIpc) is 3.03. The molecular weight excluding hydrogens is 548 g/mol. The fourth-order valence-corrected chi connectivity index (χ4v) is 4.03. The molecule has 0 aliphatic heterocycles. The highest BCUT2D eigenvalue weighted by Gasteiger charge is 2.30. The van der Waals surface area contributed by atoms with E-state index in [0.717, 1.165) is 0 Å². The molecule has 0 fully saturated rings. The van der Waals surface area contributed by atoms with Gasteiger partial charge in [-0.25, -0.2) is 4.79 Å². The van der Waals surface area contributed by atoms with E-state index in [1.165, 1.54) is 12.2 Å². The van der Waals surface area contributed by atoms with Crippen molar-refractivity contribution in [1.29, 1.82) is 5.26 Å². The number of ether oxygens (including phenoxy) is 3. The molecule has 0 bridgehead atoms. The summed E-state index contributed by atoms with van der Waals surface area (Å²) in [5.41, 5.74) is 8.08. The molecule has 0 aliphatic rings. The molecule has 10 nitrogen and oxygen atoms in total. The van der Waals surface area contributed by atoms with Crippen molar-refractivity contribution in [3.63, 3.8) is 0 Å². The van der Waals surface area contributed by atoms with Crippen LogP contribution in [0, 0.1) is 11.3 Å². The molecule has 0 unspecified atom stereocenters. The van der Waals surface area contributed by atoms with Crippen LogP contribution in [-0.2, 0) is 9.53 Å².